The van der Waals surface area contributed by atoms with Crippen molar-refractivity contribution in [1.29, 1.82) is 0 Å². The molecule has 2 heterocycles. The first-order valence-electron chi connectivity index (χ1n) is 6.37. The number of nitrogens with two attached hydrogens (primary N) is 1. The first kappa shape index (κ1) is 12.9. The Labute approximate surface area is 115 Å². The molecule has 2 N–H and O–H groups in total. The second-order valence-electron chi connectivity index (χ2n) is 4.89. The van der Waals surface area contributed by atoms with Crippen LogP contribution in [0, 0.1) is 11.6 Å². The number of nitrogens with zero attached hydrogens (tertiary/aromatic N) is 3. The van der Waals surface area contributed by atoms with Crippen LogP contribution in [-0.4, -0.2) is 29.1 Å². The number of benzene rings is 1. The Kier molecular flexibility index (Phi) is 3.31. The molecule has 1 saturated heterocycles. The monoisotopic (exact) mass is 276 g/mol. The second-order valence-corrected chi connectivity index (χ2v) is 4.89. The van der Waals surface area contributed by atoms with E-state index in [1.807, 2.05) is 4.90 Å². The zero-order chi connectivity index (χ0) is 14.1. The molecule has 4 nitrogen and oxygen atoms in total. The van der Waals surface area contributed by atoms with Gasteiger partial charge in [0.05, 0.1) is 0 Å². The molecular weight excluding hydrogens is 262 g/mol. The fraction of sp³-hybridized carbons (Fsp3) is 0.286. The minimum absolute atomic E-state index is 0.269. The van der Waals surface area contributed by atoms with Crippen molar-refractivity contribution in [2.75, 3.05) is 18.0 Å². The summed E-state index contributed by atoms with van der Waals surface area (Å²) in [4.78, 5) is 10.2. The number of halogens is 2. The number of hydrogen-bond acceptors (Lipinski definition) is 4. The van der Waals surface area contributed by atoms with Crippen molar-refractivity contribution in [3.63, 3.8) is 0 Å². The third kappa shape index (κ3) is 2.34. The molecule has 0 amide bonds. The van der Waals surface area contributed by atoms with Gasteiger partial charge in [0.2, 0.25) is 5.95 Å². The highest BCUT2D eigenvalue weighted by atomic mass is 19.1. The molecule has 20 heavy (non-hydrogen) atoms. The fourth-order valence-corrected chi connectivity index (χ4v) is 2.57. The molecule has 0 aliphatic carbocycles. The zero-order valence-corrected chi connectivity index (χ0v) is 10.7. The summed E-state index contributed by atoms with van der Waals surface area (Å²) in [5.74, 6) is -0.595. The van der Waals surface area contributed by atoms with E-state index in [1.165, 1.54) is 6.07 Å². The van der Waals surface area contributed by atoms with Crippen LogP contribution < -0.4 is 10.6 Å². The van der Waals surface area contributed by atoms with Crippen molar-refractivity contribution < 1.29 is 8.78 Å². The maximum absolute atomic E-state index is 13.9. The van der Waals surface area contributed by atoms with Gasteiger partial charge in [-0.05, 0) is 29.8 Å². The Morgan fingerprint density at radius 1 is 1.15 bits per heavy atom. The Morgan fingerprint density at radius 2 is 1.90 bits per heavy atom. The number of hydrogen-bond donors (Lipinski definition) is 1. The summed E-state index contributed by atoms with van der Waals surface area (Å²) in [7, 11) is 0. The van der Waals surface area contributed by atoms with Crippen molar-refractivity contribution in [2.24, 2.45) is 5.73 Å². The molecular formula is C14H14F2N4. The van der Waals surface area contributed by atoms with Gasteiger partial charge in [0.25, 0.3) is 0 Å². The van der Waals surface area contributed by atoms with E-state index in [1.54, 1.807) is 18.5 Å². The summed E-state index contributed by atoms with van der Waals surface area (Å²) in [6.07, 6.45) is 3.29. The predicted octanol–water partition coefficient (Wildman–Crippen LogP) is 1.69. The molecule has 0 bridgehead atoms. The molecule has 6 heteroatoms. The van der Waals surface area contributed by atoms with Crippen molar-refractivity contribution in [3.8, 4) is 0 Å². The number of rotatable bonds is 2. The van der Waals surface area contributed by atoms with E-state index in [4.69, 9.17) is 5.73 Å². The first-order valence-corrected chi connectivity index (χ1v) is 6.37. The lowest BCUT2D eigenvalue weighted by Gasteiger charge is -2.16. The van der Waals surface area contributed by atoms with Crippen LogP contribution in [0.4, 0.5) is 14.7 Å². The van der Waals surface area contributed by atoms with Gasteiger partial charge in [0.1, 0.15) is 11.6 Å². The Hall–Kier alpha value is -2.08. The smallest absolute Gasteiger partial charge is 0.225 e. The molecule has 1 aromatic heterocycles. The molecule has 2 atom stereocenters. The predicted molar refractivity (Wildman–Crippen MR) is 71.3 cm³/mol. The second kappa shape index (κ2) is 5.13. The molecule has 1 aliphatic heterocycles. The van der Waals surface area contributed by atoms with E-state index < -0.39 is 11.6 Å². The Bertz CT molecular complexity index is 605. The minimum Gasteiger partial charge on any atom is -0.339 e. The van der Waals surface area contributed by atoms with E-state index in [-0.39, 0.29) is 12.0 Å². The van der Waals surface area contributed by atoms with Gasteiger partial charge >= 0.3 is 0 Å². The summed E-state index contributed by atoms with van der Waals surface area (Å²) in [6.45, 7) is 0.996. The molecule has 2 aromatic rings. The average molecular weight is 276 g/mol. The molecule has 0 saturated carbocycles. The highest BCUT2D eigenvalue weighted by Crippen LogP contribution is 2.30. The summed E-state index contributed by atoms with van der Waals surface area (Å²) >= 11 is 0. The van der Waals surface area contributed by atoms with Gasteiger partial charge < -0.3 is 10.6 Å². The highest BCUT2D eigenvalue weighted by Gasteiger charge is 2.34. The van der Waals surface area contributed by atoms with Crippen molar-refractivity contribution in [2.45, 2.75) is 12.0 Å². The maximum atomic E-state index is 13.9. The van der Waals surface area contributed by atoms with Crippen molar-refractivity contribution in [3.05, 3.63) is 53.9 Å². The minimum atomic E-state index is -0.456. The van der Waals surface area contributed by atoms with Crippen LogP contribution in [0.25, 0.3) is 0 Å². The average Bonchev–Trinajstić information content (AvgIpc) is 2.84. The first-order chi connectivity index (χ1) is 9.65. The van der Waals surface area contributed by atoms with Gasteiger partial charge in [-0.1, -0.05) is 0 Å². The van der Waals surface area contributed by atoms with Crippen LogP contribution in [-0.2, 0) is 0 Å². The van der Waals surface area contributed by atoms with Crippen molar-refractivity contribution >= 4 is 5.95 Å². The lowest BCUT2D eigenvalue weighted by Crippen LogP contribution is -2.29. The van der Waals surface area contributed by atoms with Gasteiger partial charge in [-0.2, -0.15) is 0 Å². The summed E-state index contributed by atoms with van der Waals surface area (Å²) in [5, 5.41) is 0. The van der Waals surface area contributed by atoms with Crippen LogP contribution >= 0.6 is 0 Å². The molecule has 1 aliphatic rings. The van der Waals surface area contributed by atoms with E-state index in [9.17, 15) is 8.78 Å². The lowest BCUT2D eigenvalue weighted by molar-refractivity contribution is 0.551. The molecule has 104 valence electrons. The SMILES string of the molecule is N[C@H]1CN(c2ncccn2)C[C@@H]1c1cc(F)ccc1F. The molecule has 0 unspecified atom stereocenters. The van der Waals surface area contributed by atoms with Crippen LogP contribution in [0.3, 0.4) is 0 Å². The summed E-state index contributed by atoms with van der Waals surface area (Å²) in [6, 6.07) is 4.91. The van der Waals surface area contributed by atoms with Gasteiger partial charge in [-0.15, -0.1) is 0 Å². The molecule has 0 radical (unpaired) electrons. The molecule has 3 rings (SSSR count). The van der Waals surface area contributed by atoms with Gasteiger partial charge in [-0.3, -0.25) is 0 Å². The Balaban J connectivity index is 1.87. The van der Waals surface area contributed by atoms with Gasteiger partial charge in [-0.25, -0.2) is 18.7 Å². The number of aromatic nitrogens is 2. The molecule has 1 fully saturated rings. The molecule has 0 spiro atoms. The molecule has 1 aromatic carbocycles. The van der Waals surface area contributed by atoms with E-state index in [0.29, 0.717) is 24.6 Å². The zero-order valence-electron chi connectivity index (χ0n) is 10.7. The van der Waals surface area contributed by atoms with Gasteiger partial charge in [0.15, 0.2) is 0 Å². The van der Waals surface area contributed by atoms with Crippen LogP contribution in [0.2, 0.25) is 0 Å². The van der Waals surface area contributed by atoms with Crippen LogP contribution in [0.1, 0.15) is 11.5 Å². The van der Waals surface area contributed by atoms with E-state index in [0.717, 1.165) is 12.1 Å². The summed E-state index contributed by atoms with van der Waals surface area (Å²) in [5.41, 5.74) is 6.39. The normalized spacial score (nSPS) is 22.2. The van der Waals surface area contributed by atoms with E-state index >= 15 is 0 Å². The third-order valence-corrected chi connectivity index (χ3v) is 3.56. The maximum Gasteiger partial charge on any atom is 0.225 e. The Morgan fingerprint density at radius 3 is 2.65 bits per heavy atom. The third-order valence-electron chi connectivity index (χ3n) is 3.56. The highest BCUT2D eigenvalue weighted by molar-refractivity contribution is 5.37. The van der Waals surface area contributed by atoms with Crippen LogP contribution in [0.15, 0.2) is 36.7 Å². The summed E-state index contributed by atoms with van der Waals surface area (Å²) < 4.78 is 27.2. The standard InChI is InChI=1S/C14H14F2N4/c15-9-2-3-12(16)10(6-9)11-7-20(8-13(11)17)14-18-4-1-5-19-14/h1-6,11,13H,7-8,17H2/t11-,13+/m1/s1. The fourth-order valence-electron chi connectivity index (χ4n) is 2.57. The quantitative estimate of drug-likeness (QED) is 0.907. The number of anilines is 1. The lowest BCUT2D eigenvalue weighted by atomic mass is 9.94. The van der Waals surface area contributed by atoms with Crippen molar-refractivity contribution in [1.82, 2.24) is 9.97 Å². The van der Waals surface area contributed by atoms with E-state index in [2.05, 4.69) is 9.97 Å². The largest absolute Gasteiger partial charge is 0.339 e. The van der Waals surface area contributed by atoms with Crippen LogP contribution in [0.5, 0.6) is 0 Å². The van der Waals surface area contributed by atoms with Gasteiger partial charge in [0, 0.05) is 37.4 Å². The topological polar surface area (TPSA) is 55.0 Å².